The molecule has 0 spiro atoms. The first-order chi connectivity index (χ1) is 10.8. The Morgan fingerprint density at radius 3 is 2.78 bits per heavy atom. The lowest BCUT2D eigenvalue weighted by Gasteiger charge is -2.38. The second-order valence-corrected chi connectivity index (χ2v) is 7.32. The third-order valence-electron chi connectivity index (χ3n) is 3.85. The number of carbonyl (C=O) groups excluding carboxylic acids is 1. The van der Waals surface area contributed by atoms with Crippen LogP contribution in [0.2, 0.25) is 0 Å². The van der Waals surface area contributed by atoms with Gasteiger partial charge in [-0.05, 0) is 43.7 Å². The summed E-state index contributed by atoms with van der Waals surface area (Å²) < 4.78 is 13.4. The van der Waals surface area contributed by atoms with Gasteiger partial charge < -0.3 is 14.3 Å². The van der Waals surface area contributed by atoms with Crippen molar-refractivity contribution in [2.45, 2.75) is 65.5 Å². The van der Waals surface area contributed by atoms with Crippen LogP contribution in [-0.4, -0.2) is 29.2 Å². The summed E-state index contributed by atoms with van der Waals surface area (Å²) in [6.45, 7) is 8.11. The molecule has 2 rings (SSSR count). The first-order valence-corrected chi connectivity index (χ1v) is 8.39. The van der Waals surface area contributed by atoms with Gasteiger partial charge in [-0.15, -0.1) is 0 Å². The molecule has 0 saturated carbocycles. The van der Waals surface area contributed by atoms with E-state index in [1.54, 1.807) is 31.3 Å². The average Bonchev–Trinajstić information content (AvgIpc) is 2.49. The Morgan fingerprint density at radius 2 is 2.13 bits per heavy atom. The molecule has 1 aromatic rings. The van der Waals surface area contributed by atoms with Gasteiger partial charge in [0.15, 0.2) is 12.4 Å². The highest BCUT2D eigenvalue weighted by molar-refractivity contribution is 7.71. The van der Waals surface area contributed by atoms with Gasteiger partial charge in [-0.25, -0.2) is 4.79 Å². The predicted molar refractivity (Wildman–Crippen MR) is 89.4 cm³/mol. The number of rotatable bonds is 4. The van der Waals surface area contributed by atoms with Gasteiger partial charge >= 0.3 is 5.97 Å². The lowest BCUT2D eigenvalue weighted by molar-refractivity contribution is -0.234. The molecule has 1 fully saturated rings. The number of carbonyl (C=O) groups is 1. The number of hydrogen-bond donors (Lipinski definition) is 0. The van der Waals surface area contributed by atoms with Crippen molar-refractivity contribution in [3.8, 4) is 0 Å². The second kappa shape index (κ2) is 7.55. The van der Waals surface area contributed by atoms with Gasteiger partial charge in [-0.2, -0.15) is 4.73 Å². The fourth-order valence-electron chi connectivity index (χ4n) is 2.47. The number of pyridine rings is 1. The van der Waals surface area contributed by atoms with E-state index < -0.39 is 12.1 Å². The number of ether oxygens (including phenoxy) is 2. The molecule has 3 atom stereocenters. The second-order valence-electron chi connectivity index (χ2n) is 6.90. The van der Waals surface area contributed by atoms with E-state index >= 15 is 0 Å². The molecule has 0 bridgehead atoms. The van der Waals surface area contributed by atoms with E-state index in [1.165, 1.54) is 4.73 Å². The molecule has 0 aliphatic carbocycles. The third kappa shape index (κ3) is 5.12. The Bertz CT molecular complexity index is 593. The van der Waals surface area contributed by atoms with E-state index in [-0.39, 0.29) is 17.8 Å². The van der Waals surface area contributed by atoms with Crippen molar-refractivity contribution in [3.05, 3.63) is 29.0 Å². The summed E-state index contributed by atoms with van der Waals surface area (Å²) in [5.74, 6) is -0.492. The summed E-state index contributed by atoms with van der Waals surface area (Å²) in [6, 6.07) is 5.22. The van der Waals surface area contributed by atoms with Gasteiger partial charge in [0.25, 0.3) is 0 Å². The Morgan fingerprint density at radius 1 is 1.39 bits per heavy atom. The summed E-state index contributed by atoms with van der Waals surface area (Å²) in [6.07, 6.45) is 3.46. The Balaban J connectivity index is 1.91. The molecule has 2 heterocycles. The standard InChI is InChI=1S/C17H25NO4S/c1-12(16(19)22-18-11-6-5-9-14(18)23)20-15-10-7-8-13(21-15)17(2,3)4/h5-6,9,11-13,15H,7-8,10H2,1-4H3/t12-,13+,15+/m0/s1. The van der Waals surface area contributed by atoms with E-state index in [1.807, 2.05) is 0 Å². The Kier molecular flexibility index (Phi) is 5.95. The van der Waals surface area contributed by atoms with E-state index in [0.717, 1.165) is 19.3 Å². The molecule has 0 unspecified atom stereocenters. The number of aromatic nitrogens is 1. The first kappa shape index (κ1) is 18.1. The van der Waals surface area contributed by atoms with Crippen LogP contribution in [0.3, 0.4) is 0 Å². The van der Waals surface area contributed by atoms with Crippen LogP contribution in [-0.2, 0) is 14.3 Å². The SMILES string of the molecule is C[C@H](O[C@H]1CCC[C@H](C(C)(C)C)O1)C(=O)On1ccccc1=S. The molecule has 0 radical (unpaired) electrons. The normalized spacial score (nSPS) is 23.3. The zero-order chi connectivity index (χ0) is 17.0. The zero-order valence-electron chi connectivity index (χ0n) is 14.2. The Hall–Kier alpha value is -1.24. The summed E-state index contributed by atoms with van der Waals surface area (Å²) in [7, 11) is 0. The smallest absolute Gasteiger partial charge is 0.349 e. The molecule has 0 aromatic carbocycles. The van der Waals surface area contributed by atoms with Crippen LogP contribution in [0.25, 0.3) is 0 Å². The summed E-state index contributed by atoms with van der Waals surface area (Å²) in [5.41, 5.74) is 0.0584. The molecular formula is C17H25NO4S. The third-order valence-corrected chi connectivity index (χ3v) is 4.17. The van der Waals surface area contributed by atoms with Crippen molar-refractivity contribution in [1.29, 1.82) is 0 Å². The highest BCUT2D eigenvalue weighted by atomic mass is 32.1. The molecule has 1 saturated heterocycles. The first-order valence-electron chi connectivity index (χ1n) is 7.98. The molecule has 6 heteroatoms. The van der Waals surface area contributed by atoms with Crippen molar-refractivity contribution in [3.63, 3.8) is 0 Å². The van der Waals surface area contributed by atoms with Crippen LogP contribution in [0.5, 0.6) is 0 Å². The van der Waals surface area contributed by atoms with Crippen LogP contribution in [0.15, 0.2) is 24.4 Å². The van der Waals surface area contributed by atoms with Gasteiger partial charge in [0.2, 0.25) is 0 Å². The molecule has 23 heavy (non-hydrogen) atoms. The van der Waals surface area contributed by atoms with Gasteiger partial charge in [-0.1, -0.05) is 39.1 Å². The van der Waals surface area contributed by atoms with Crippen molar-refractivity contribution in [2.75, 3.05) is 0 Å². The van der Waals surface area contributed by atoms with E-state index in [4.69, 9.17) is 26.5 Å². The highest BCUT2D eigenvalue weighted by Crippen LogP contribution is 2.32. The minimum absolute atomic E-state index is 0.0584. The average molecular weight is 339 g/mol. The maximum Gasteiger partial charge on any atom is 0.361 e. The minimum Gasteiger partial charge on any atom is -0.349 e. The van der Waals surface area contributed by atoms with E-state index in [2.05, 4.69) is 20.8 Å². The van der Waals surface area contributed by atoms with Gasteiger partial charge in [0, 0.05) is 6.20 Å². The van der Waals surface area contributed by atoms with Crippen molar-refractivity contribution < 1.29 is 19.1 Å². The number of nitrogens with zero attached hydrogens (tertiary/aromatic N) is 1. The summed E-state index contributed by atoms with van der Waals surface area (Å²) in [4.78, 5) is 17.4. The number of hydrogen-bond acceptors (Lipinski definition) is 5. The molecule has 1 aliphatic heterocycles. The lowest BCUT2D eigenvalue weighted by Crippen LogP contribution is -2.41. The lowest BCUT2D eigenvalue weighted by atomic mass is 9.85. The van der Waals surface area contributed by atoms with Crippen molar-refractivity contribution in [1.82, 2.24) is 4.73 Å². The minimum atomic E-state index is -0.721. The predicted octanol–water partition coefficient (Wildman–Crippen LogP) is 3.52. The Labute approximate surface area is 142 Å². The molecule has 0 amide bonds. The van der Waals surface area contributed by atoms with E-state index in [0.29, 0.717) is 4.64 Å². The van der Waals surface area contributed by atoms with Crippen molar-refractivity contribution in [2.24, 2.45) is 5.41 Å². The van der Waals surface area contributed by atoms with Gasteiger partial charge in [0.05, 0.1) is 6.10 Å². The van der Waals surface area contributed by atoms with Crippen molar-refractivity contribution >= 4 is 18.2 Å². The summed E-state index contributed by atoms with van der Waals surface area (Å²) >= 11 is 5.09. The van der Waals surface area contributed by atoms with Crippen LogP contribution < -0.4 is 4.84 Å². The highest BCUT2D eigenvalue weighted by Gasteiger charge is 2.33. The maximum absolute atomic E-state index is 12.1. The monoisotopic (exact) mass is 339 g/mol. The zero-order valence-corrected chi connectivity index (χ0v) is 15.0. The molecule has 0 N–H and O–H groups in total. The quantitative estimate of drug-likeness (QED) is 0.786. The van der Waals surface area contributed by atoms with Gasteiger partial charge in [0.1, 0.15) is 4.64 Å². The molecular weight excluding hydrogens is 314 g/mol. The van der Waals surface area contributed by atoms with Crippen LogP contribution >= 0.6 is 12.2 Å². The van der Waals surface area contributed by atoms with Crippen LogP contribution in [0.4, 0.5) is 0 Å². The fraction of sp³-hybridized carbons (Fsp3) is 0.647. The molecule has 128 valence electrons. The van der Waals surface area contributed by atoms with E-state index in [9.17, 15) is 4.79 Å². The van der Waals surface area contributed by atoms with Gasteiger partial charge in [-0.3, -0.25) is 0 Å². The van der Waals surface area contributed by atoms with Crippen LogP contribution in [0.1, 0.15) is 47.0 Å². The van der Waals surface area contributed by atoms with Crippen LogP contribution in [0, 0.1) is 10.1 Å². The topological polar surface area (TPSA) is 49.7 Å². The maximum atomic E-state index is 12.1. The fourth-order valence-corrected chi connectivity index (χ4v) is 2.65. The molecule has 5 nitrogen and oxygen atoms in total. The molecule has 1 aliphatic rings. The summed E-state index contributed by atoms with van der Waals surface area (Å²) in [5, 5.41) is 0. The largest absolute Gasteiger partial charge is 0.361 e. The molecule has 1 aromatic heterocycles.